The monoisotopic (exact) mass is 305 g/mol. The molecule has 3 heterocycles. The van der Waals surface area contributed by atoms with E-state index in [1.165, 1.54) is 64.5 Å². The second-order valence-corrected chi connectivity index (χ2v) is 7.93. The summed E-state index contributed by atoms with van der Waals surface area (Å²) in [6.07, 6.45) is 11.6. The van der Waals surface area contributed by atoms with E-state index >= 15 is 0 Å². The van der Waals surface area contributed by atoms with Crippen molar-refractivity contribution in [1.82, 2.24) is 15.1 Å². The quantitative estimate of drug-likeness (QED) is 0.847. The molecule has 4 heteroatoms. The number of hydrogen-bond donors (Lipinski definition) is 1. The summed E-state index contributed by atoms with van der Waals surface area (Å²) in [7, 11) is 0. The second kappa shape index (κ2) is 6.48. The zero-order chi connectivity index (χ0) is 14.9. The van der Waals surface area contributed by atoms with Crippen molar-refractivity contribution in [2.24, 2.45) is 5.92 Å². The Morgan fingerprint density at radius 2 is 1.73 bits per heavy atom. The minimum Gasteiger partial charge on any atom is -0.340 e. The fourth-order valence-corrected chi connectivity index (χ4v) is 5.29. The van der Waals surface area contributed by atoms with E-state index < -0.39 is 0 Å². The molecule has 0 aromatic carbocycles. The van der Waals surface area contributed by atoms with Crippen LogP contribution in [0.2, 0.25) is 0 Å². The highest BCUT2D eigenvalue weighted by Crippen LogP contribution is 2.34. The molecule has 124 valence electrons. The lowest BCUT2D eigenvalue weighted by Crippen LogP contribution is -2.53. The van der Waals surface area contributed by atoms with Gasteiger partial charge in [0.1, 0.15) is 0 Å². The summed E-state index contributed by atoms with van der Waals surface area (Å²) < 4.78 is 0. The smallest absolute Gasteiger partial charge is 0.239 e. The van der Waals surface area contributed by atoms with Crippen molar-refractivity contribution in [3.63, 3.8) is 0 Å². The molecule has 4 nitrogen and oxygen atoms in total. The zero-order valence-electron chi connectivity index (χ0n) is 13.8. The molecular weight excluding hydrogens is 274 g/mol. The summed E-state index contributed by atoms with van der Waals surface area (Å²) >= 11 is 0. The molecule has 22 heavy (non-hydrogen) atoms. The second-order valence-electron chi connectivity index (χ2n) is 7.93. The third kappa shape index (κ3) is 2.92. The number of amides is 1. The SMILES string of the molecule is O=C(C1CC2CCCCC2N1)N1CCCC(N2CCCC2)C1. The number of piperidine rings is 1. The van der Waals surface area contributed by atoms with Crippen molar-refractivity contribution >= 4 is 5.91 Å². The molecule has 1 N–H and O–H groups in total. The van der Waals surface area contributed by atoms with Gasteiger partial charge in [-0.15, -0.1) is 0 Å². The van der Waals surface area contributed by atoms with Crippen LogP contribution in [0.25, 0.3) is 0 Å². The van der Waals surface area contributed by atoms with Crippen LogP contribution in [0.15, 0.2) is 0 Å². The Balaban J connectivity index is 1.35. The Bertz CT molecular complexity index is 393. The van der Waals surface area contributed by atoms with Crippen molar-refractivity contribution in [1.29, 1.82) is 0 Å². The summed E-state index contributed by atoms with van der Waals surface area (Å²) in [5.74, 6) is 1.17. The van der Waals surface area contributed by atoms with E-state index in [9.17, 15) is 4.79 Å². The highest BCUT2D eigenvalue weighted by atomic mass is 16.2. The highest BCUT2D eigenvalue weighted by molar-refractivity contribution is 5.82. The first-order chi connectivity index (χ1) is 10.8. The molecule has 4 rings (SSSR count). The lowest BCUT2D eigenvalue weighted by molar-refractivity contribution is -0.135. The number of nitrogens with zero attached hydrogens (tertiary/aromatic N) is 2. The van der Waals surface area contributed by atoms with Crippen molar-refractivity contribution in [2.75, 3.05) is 26.2 Å². The average molecular weight is 305 g/mol. The summed E-state index contributed by atoms with van der Waals surface area (Å²) in [6, 6.07) is 1.37. The third-order valence-corrected chi connectivity index (χ3v) is 6.53. The fourth-order valence-electron chi connectivity index (χ4n) is 5.29. The number of fused-ring (bicyclic) bond motifs is 1. The number of rotatable bonds is 2. The topological polar surface area (TPSA) is 35.6 Å². The van der Waals surface area contributed by atoms with E-state index in [0.717, 1.165) is 25.4 Å². The first-order valence-corrected chi connectivity index (χ1v) is 9.60. The van der Waals surface area contributed by atoms with E-state index in [1.807, 2.05) is 0 Å². The molecule has 4 unspecified atom stereocenters. The van der Waals surface area contributed by atoms with Crippen LogP contribution in [0, 0.1) is 5.92 Å². The standard InChI is InChI=1S/C18H31N3O/c22-18(17-12-14-6-1-2-8-16(14)19-17)21-11-5-7-15(13-21)20-9-3-4-10-20/h14-17,19H,1-13H2. The molecule has 0 bridgehead atoms. The molecule has 4 aliphatic rings. The highest BCUT2D eigenvalue weighted by Gasteiger charge is 2.40. The maximum absolute atomic E-state index is 12.9. The molecule has 1 amide bonds. The van der Waals surface area contributed by atoms with Crippen molar-refractivity contribution < 1.29 is 4.79 Å². The van der Waals surface area contributed by atoms with Crippen molar-refractivity contribution in [3.8, 4) is 0 Å². The zero-order valence-corrected chi connectivity index (χ0v) is 13.8. The number of nitrogens with one attached hydrogen (secondary N) is 1. The Morgan fingerprint density at radius 1 is 0.909 bits per heavy atom. The summed E-state index contributed by atoms with van der Waals surface area (Å²) in [6.45, 7) is 4.46. The van der Waals surface area contributed by atoms with Gasteiger partial charge in [0.25, 0.3) is 0 Å². The average Bonchev–Trinajstić information content (AvgIpc) is 3.23. The molecule has 1 saturated carbocycles. The van der Waals surface area contributed by atoms with Gasteiger partial charge in [0, 0.05) is 25.2 Å². The molecule has 3 saturated heterocycles. The van der Waals surface area contributed by atoms with E-state index in [2.05, 4.69) is 15.1 Å². The molecule has 0 radical (unpaired) electrons. The Hall–Kier alpha value is -0.610. The van der Waals surface area contributed by atoms with Gasteiger partial charge in [-0.3, -0.25) is 9.69 Å². The lowest BCUT2D eigenvalue weighted by atomic mass is 9.85. The minimum absolute atomic E-state index is 0.116. The van der Waals surface area contributed by atoms with E-state index in [-0.39, 0.29) is 6.04 Å². The van der Waals surface area contributed by atoms with Crippen LogP contribution in [0.5, 0.6) is 0 Å². The minimum atomic E-state index is 0.116. The summed E-state index contributed by atoms with van der Waals surface area (Å²) in [5.41, 5.74) is 0. The Labute approximate surface area is 134 Å². The van der Waals surface area contributed by atoms with Gasteiger partial charge in [-0.05, 0) is 64.0 Å². The van der Waals surface area contributed by atoms with E-state index in [4.69, 9.17) is 0 Å². The maximum Gasteiger partial charge on any atom is 0.239 e. The van der Waals surface area contributed by atoms with Crippen LogP contribution in [-0.2, 0) is 4.79 Å². The Morgan fingerprint density at radius 3 is 2.55 bits per heavy atom. The van der Waals surface area contributed by atoms with Gasteiger partial charge in [-0.1, -0.05) is 12.8 Å². The molecular formula is C18H31N3O. The first kappa shape index (κ1) is 14.9. The lowest BCUT2D eigenvalue weighted by Gasteiger charge is -2.38. The van der Waals surface area contributed by atoms with Crippen molar-refractivity contribution in [2.45, 2.75) is 75.9 Å². The predicted molar refractivity (Wildman–Crippen MR) is 87.7 cm³/mol. The van der Waals surface area contributed by atoms with Gasteiger partial charge in [0.15, 0.2) is 0 Å². The molecule has 4 fully saturated rings. The van der Waals surface area contributed by atoms with Crippen molar-refractivity contribution in [3.05, 3.63) is 0 Å². The number of hydrogen-bond acceptors (Lipinski definition) is 3. The molecule has 0 aromatic heterocycles. The molecule has 3 aliphatic heterocycles. The predicted octanol–water partition coefficient (Wildman–Crippen LogP) is 1.99. The van der Waals surface area contributed by atoms with E-state index in [1.54, 1.807) is 0 Å². The van der Waals surface area contributed by atoms with Crippen LogP contribution in [0.3, 0.4) is 0 Å². The first-order valence-electron chi connectivity index (χ1n) is 9.60. The largest absolute Gasteiger partial charge is 0.340 e. The van der Waals surface area contributed by atoms with Crippen LogP contribution >= 0.6 is 0 Å². The van der Waals surface area contributed by atoms with Crippen LogP contribution in [0.1, 0.15) is 57.8 Å². The van der Waals surface area contributed by atoms with Crippen LogP contribution < -0.4 is 5.32 Å². The molecule has 0 aromatic rings. The number of carbonyl (C=O) groups is 1. The van der Waals surface area contributed by atoms with Gasteiger partial charge in [-0.2, -0.15) is 0 Å². The van der Waals surface area contributed by atoms with Crippen LogP contribution in [0.4, 0.5) is 0 Å². The summed E-state index contributed by atoms with van der Waals surface area (Å²) in [5, 5.41) is 3.67. The summed E-state index contributed by atoms with van der Waals surface area (Å²) in [4.78, 5) is 17.8. The molecule has 1 aliphatic carbocycles. The Kier molecular flexibility index (Phi) is 4.40. The third-order valence-electron chi connectivity index (χ3n) is 6.53. The maximum atomic E-state index is 12.9. The van der Waals surface area contributed by atoms with Gasteiger partial charge >= 0.3 is 0 Å². The molecule has 4 atom stereocenters. The molecule has 0 spiro atoms. The number of likely N-dealkylation sites (tertiary alicyclic amines) is 2. The van der Waals surface area contributed by atoms with Gasteiger partial charge in [0.05, 0.1) is 6.04 Å². The fraction of sp³-hybridized carbons (Fsp3) is 0.944. The number of carbonyl (C=O) groups excluding carboxylic acids is 1. The van der Waals surface area contributed by atoms with Gasteiger partial charge < -0.3 is 10.2 Å². The van der Waals surface area contributed by atoms with E-state index in [0.29, 0.717) is 18.0 Å². The van der Waals surface area contributed by atoms with Gasteiger partial charge in [0.2, 0.25) is 5.91 Å². The van der Waals surface area contributed by atoms with Gasteiger partial charge in [-0.25, -0.2) is 0 Å². The van der Waals surface area contributed by atoms with Crippen LogP contribution in [-0.4, -0.2) is 60.0 Å². The normalized spacial score (nSPS) is 39.9.